The molecule has 0 aliphatic carbocycles. The molecule has 0 spiro atoms. The van der Waals surface area contributed by atoms with Crippen molar-refractivity contribution in [2.24, 2.45) is 0 Å². The number of aliphatic hydroxyl groups excluding tert-OH is 3. The fraction of sp³-hybridized carbons (Fsp3) is 0.895. The van der Waals surface area contributed by atoms with Crippen LogP contribution in [0.5, 0.6) is 0 Å². The summed E-state index contributed by atoms with van der Waals surface area (Å²) in [6.07, 6.45) is 15.7. The first-order chi connectivity index (χ1) is 11.2. The maximum absolute atomic E-state index is 9.83. The maximum atomic E-state index is 9.83. The molecule has 0 saturated carbocycles. The quantitative estimate of drug-likeness (QED) is 0.282. The minimum Gasteiger partial charge on any atom is -0.394 e. The van der Waals surface area contributed by atoms with Crippen LogP contribution in [0.1, 0.15) is 77.6 Å². The third-order valence-corrected chi connectivity index (χ3v) is 3.89. The molecule has 0 aromatic heterocycles. The molecule has 4 heteroatoms. The molecular formula is C19H38O4. The molecule has 3 N–H and O–H groups in total. The van der Waals surface area contributed by atoms with Gasteiger partial charge in [-0.1, -0.05) is 57.6 Å². The third-order valence-electron chi connectivity index (χ3n) is 3.89. The Morgan fingerprint density at radius 3 is 2.30 bits per heavy atom. The van der Waals surface area contributed by atoms with Crippen LogP contribution in [-0.4, -0.2) is 47.3 Å². The summed E-state index contributed by atoms with van der Waals surface area (Å²) in [5.41, 5.74) is 0. The minimum atomic E-state index is -0.782. The Bertz CT molecular complexity index is 256. The Kier molecular flexibility index (Phi) is 17.6. The van der Waals surface area contributed by atoms with Crippen molar-refractivity contribution in [3.8, 4) is 0 Å². The van der Waals surface area contributed by atoms with Crippen LogP contribution < -0.4 is 0 Å². The highest BCUT2D eigenvalue weighted by atomic mass is 16.5. The summed E-state index contributed by atoms with van der Waals surface area (Å²) in [7, 11) is 0. The molecule has 138 valence electrons. The van der Waals surface area contributed by atoms with Crippen molar-refractivity contribution in [2.45, 2.75) is 89.8 Å². The van der Waals surface area contributed by atoms with Crippen molar-refractivity contribution in [2.75, 3.05) is 19.8 Å². The molecule has 0 aliphatic heterocycles. The van der Waals surface area contributed by atoms with Crippen molar-refractivity contribution in [3.05, 3.63) is 12.2 Å². The van der Waals surface area contributed by atoms with Gasteiger partial charge in [0, 0.05) is 6.61 Å². The first-order valence-corrected chi connectivity index (χ1v) is 9.42. The number of rotatable bonds is 17. The van der Waals surface area contributed by atoms with E-state index in [0.717, 1.165) is 25.7 Å². The summed E-state index contributed by atoms with van der Waals surface area (Å²) in [5.74, 6) is 0. The lowest BCUT2D eigenvalue weighted by molar-refractivity contribution is 0.00490. The summed E-state index contributed by atoms with van der Waals surface area (Å²) < 4.78 is 5.22. The van der Waals surface area contributed by atoms with Gasteiger partial charge in [-0.3, -0.25) is 0 Å². The molecule has 0 aliphatic rings. The summed E-state index contributed by atoms with van der Waals surface area (Å²) in [4.78, 5) is 0. The lowest BCUT2D eigenvalue weighted by Gasteiger charge is -2.09. The fourth-order valence-electron chi connectivity index (χ4n) is 2.40. The zero-order chi connectivity index (χ0) is 17.2. The van der Waals surface area contributed by atoms with Crippen LogP contribution in [0, 0.1) is 0 Å². The highest BCUT2D eigenvalue weighted by molar-refractivity contribution is 4.88. The lowest BCUT2D eigenvalue weighted by Crippen LogP contribution is -2.19. The van der Waals surface area contributed by atoms with Crippen molar-refractivity contribution >= 4 is 0 Å². The van der Waals surface area contributed by atoms with Gasteiger partial charge in [0.2, 0.25) is 0 Å². The standard InChI is InChI=1S/C19H38O4/c1-2-3-4-5-6-7-8-9-10-13-18(21)14-11-12-15-23-17-19(22)16-20/h10,13,18-22H,2-9,11-12,14-17H2,1H3. The zero-order valence-electron chi connectivity index (χ0n) is 15.0. The van der Waals surface area contributed by atoms with Gasteiger partial charge in [0.15, 0.2) is 0 Å². The van der Waals surface area contributed by atoms with E-state index in [0.29, 0.717) is 6.61 Å². The molecule has 0 amide bonds. The van der Waals surface area contributed by atoms with Gasteiger partial charge in [-0.2, -0.15) is 0 Å². The average Bonchev–Trinajstić information content (AvgIpc) is 2.56. The highest BCUT2D eigenvalue weighted by Gasteiger charge is 2.02. The molecular weight excluding hydrogens is 292 g/mol. The molecule has 0 bridgehead atoms. The highest BCUT2D eigenvalue weighted by Crippen LogP contribution is 2.09. The van der Waals surface area contributed by atoms with Crippen LogP contribution in [-0.2, 0) is 4.74 Å². The third kappa shape index (κ3) is 17.8. The van der Waals surface area contributed by atoms with Gasteiger partial charge in [0.1, 0.15) is 6.10 Å². The second-order valence-corrected chi connectivity index (χ2v) is 6.31. The van der Waals surface area contributed by atoms with E-state index < -0.39 is 6.10 Å². The van der Waals surface area contributed by atoms with Crippen LogP contribution in [0.25, 0.3) is 0 Å². The Morgan fingerprint density at radius 2 is 1.61 bits per heavy atom. The Morgan fingerprint density at radius 1 is 0.913 bits per heavy atom. The predicted molar refractivity (Wildman–Crippen MR) is 95.5 cm³/mol. The summed E-state index contributed by atoms with van der Waals surface area (Å²) in [6.45, 7) is 2.72. The van der Waals surface area contributed by atoms with Crippen molar-refractivity contribution in [1.82, 2.24) is 0 Å². The molecule has 0 aromatic rings. The Labute approximate surface area is 142 Å². The van der Waals surface area contributed by atoms with Crippen molar-refractivity contribution < 1.29 is 20.1 Å². The SMILES string of the molecule is CCCCCCCCCC=CC(O)CCCCOCC(O)CO. The maximum Gasteiger partial charge on any atom is 0.100 e. The lowest BCUT2D eigenvalue weighted by atomic mass is 10.1. The van der Waals surface area contributed by atoms with E-state index >= 15 is 0 Å². The molecule has 0 saturated heterocycles. The second-order valence-electron chi connectivity index (χ2n) is 6.31. The van der Waals surface area contributed by atoms with Gasteiger partial charge >= 0.3 is 0 Å². The van der Waals surface area contributed by atoms with Gasteiger partial charge in [-0.25, -0.2) is 0 Å². The van der Waals surface area contributed by atoms with Gasteiger partial charge in [-0.05, 0) is 32.1 Å². The van der Waals surface area contributed by atoms with Gasteiger partial charge in [-0.15, -0.1) is 0 Å². The molecule has 0 aromatic carbocycles. The summed E-state index contributed by atoms with van der Waals surface area (Å²) >= 11 is 0. The fourth-order valence-corrected chi connectivity index (χ4v) is 2.40. The largest absolute Gasteiger partial charge is 0.394 e. The van der Waals surface area contributed by atoms with E-state index in [1.54, 1.807) is 0 Å². The number of ether oxygens (including phenoxy) is 1. The summed E-state index contributed by atoms with van der Waals surface area (Å²) in [6, 6.07) is 0. The smallest absolute Gasteiger partial charge is 0.100 e. The molecule has 2 unspecified atom stereocenters. The van der Waals surface area contributed by atoms with E-state index in [1.807, 2.05) is 6.08 Å². The number of aliphatic hydroxyl groups is 3. The van der Waals surface area contributed by atoms with E-state index in [2.05, 4.69) is 13.0 Å². The first kappa shape index (κ1) is 22.6. The van der Waals surface area contributed by atoms with Crippen molar-refractivity contribution in [1.29, 1.82) is 0 Å². The van der Waals surface area contributed by atoms with Gasteiger partial charge in [0.05, 0.1) is 19.3 Å². The Hall–Kier alpha value is -0.420. The van der Waals surface area contributed by atoms with Crippen LogP contribution >= 0.6 is 0 Å². The van der Waals surface area contributed by atoms with Crippen LogP contribution in [0.15, 0.2) is 12.2 Å². The number of hydrogen-bond acceptors (Lipinski definition) is 4. The molecule has 0 radical (unpaired) electrons. The van der Waals surface area contributed by atoms with Crippen molar-refractivity contribution in [3.63, 3.8) is 0 Å². The monoisotopic (exact) mass is 330 g/mol. The molecule has 4 nitrogen and oxygen atoms in total. The van der Waals surface area contributed by atoms with Crippen LogP contribution in [0.3, 0.4) is 0 Å². The predicted octanol–water partition coefficient (Wildman–Crippen LogP) is 3.58. The van der Waals surface area contributed by atoms with E-state index in [1.165, 1.54) is 44.9 Å². The molecule has 2 atom stereocenters. The number of allylic oxidation sites excluding steroid dienone is 1. The Balaban J connectivity index is 3.30. The minimum absolute atomic E-state index is 0.178. The van der Waals surface area contributed by atoms with E-state index in [4.69, 9.17) is 14.9 Å². The van der Waals surface area contributed by atoms with E-state index in [-0.39, 0.29) is 19.3 Å². The molecule has 0 rings (SSSR count). The van der Waals surface area contributed by atoms with Crippen LogP contribution in [0.4, 0.5) is 0 Å². The summed E-state index contributed by atoms with van der Waals surface area (Å²) in [5, 5.41) is 27.5. The molecule has 0 heterocycles. The topological polar surface area (TPSA) is 69.9 Å². The van der Waals surface area contributed by atoms with Gasteiger partial charge in [0.25, 0.3) is 0 Å². The normalized spacial score (nSPS) is 14.4. The zero-order valence-corrected chi connectivity index (χ0v) is 15.0. The second kappa shape index (κ2) is 17.9. The first-order valence-electron chi connectivity index (χ1n) is 9.42. The number of unbranched alkanes of at least 4 members (excludes halogenated alkanes) is 8. The van der Waals surface area contributed by atoms with E-state index in [9.17, 15) is 5.11 Å². The molecule has 23 heavy (non-hydrogen) atoms. The van der Waals surface area contributed by atoms with Gasteiger partial charge < -0.3 is 20.1 Å². The van der Waals surface area contributed by atoms with Crippen LogP contribution in [0.2, 0.25) is 0 Å². The number of hydrogen-bond donors (Lipinski definition) is 3. The molecule has 0 fully saturated rings. The average molecular weight is 331 g/mol.